The summed E-state index contributed by atoms with van der Waals surface area (Å²) in [5, 5.41) is 12.9. The first kappa shape index (κ1) is 33.4. The number of aromatic nitrogens is 2. The van der Waals surface area contributed by atoms with Crippen molar-refractivity contribution in [1.29, 1.82) is 0 Å². The molecule has 0 saturated carbocycles. The van der Waals surface area contributed by atoms with Gasteiger partial charge in [-0.05, 0) is 61.9 Å². The fourth-order valence-corrected chi connectivity index (χ4v) is 7.67. The fraction of sp³-hybridized carbons (Fsp3) is 0.545. The molecule has 2 aromatic carbocycles. The quantitative estimate of drug-likeness (QED) is 0.349. The molecule has 3 fully saturated rings. The van der Waals surface area contributed by atoms with Crippen LogP contribution < -0.4 is 11.0 Å². The molecule has 3 aliphatic heterocycles. The molecule has 6 rings (SSSR count). The highest BCUT2D eigenvalue weighted by Gasteiger charge is 2.37. The molecule has 0 bridgehead atoms. The van der Waals surface area contributed by atoms with Crippen molar-refractivity contribution >= 4 is 34.4 Å². The first-order valence-corrected chi connectivity index (χ1v) is 16.7. The van der Waals surface area contributed by atoms with E-state index in [1.54, 1.807) is 14.4 Å². The summed E-state index contributed by atoms with van der Waals surface area (Å²) >= 11 is 6.00. The zero-order valence-electron chi connectivity index (χ0n) is 26.1. The molecule has 10 nitrogen and oxygen atoms in total. The van der Waals surface area contributed by atoms with Gasteiger partial charge in [0, 0.05) is 70.9 Å². The number of halogens is 4. The van der Waals surface area contributed by atoms with Crippen LogP contribution in [0.5, 0.6) is 5.75 Å². The molecule has 0 unspecified atom stereocenters. The average Bonchev–Trinajstić information content (AvgIpc) is 3.41. The number of phenolic OH excluding ortho intramolecular Hbond substituents is 1. The summed E-state index contributed by atoms with van der Waals surface area (Å²) in [7, 11) is 0. The number of hydrogen-bond acceptors (Lipinski definition) is 6. The van der Waals surface area contributed by atoms with E-state index < -0.39 is 28.4 Å². The van der Waals surface area contributed by atoms with Gasteiger partial charge in [0.05, 0.1) is 27.5 Å². The van der Waals surface area contributed by atoms with E-state index in [0.29, 0.717) is 45.1 Å². The van der Waals surface area contributed by atoms with E-state index in [1.165, 1.54) is 6.07 Å². The molecule has 14 heteroatoms. The Hall–Kier alpha value is -3.55. The SMILES string of the molecule is O=C(C[C@H](Cc1cc(Cl)c(O)c(C(F)(F)F)c1)C(=O)N1CCC(N2CCNCC2)CC1)N1CCC(n2c(=O)[nH]c3ccccc32)CC1. The second-order valence-electron chi connectivity index (χ2n) is 12.8. The highest BCUT2D eigenvalue weighted by molar-refractivity contribution is 6.32. The number of para-hydroxylation sites is 2. The van der Waals surface area contributed by atoms with Crippen molar-refractivity contribution in [3.63, 3.8) is 0 Å². The van der Waals surface area contributed by atoms with E-state index in [-0.39, 0.29) is 42.0 Å². The lowest BCUT2D eigenvalue weighted by atomic mass is 9.91. The number of aromatic amines is 1. The Morgan fingerprint density at radius 3 is 2.26 bits per heavy atom. The topological polar surface area (TPSA) is 114 Å². The van der Waals surface area contributed by atoms with Crippen LogP contribution in [0.25, 0.3) is 11.0 Å². The third-order valence-electron chi connectivity index (χ3n) is 9.93. The van der Waals surface area contributed by atoms with Gasteiger partial charge < -0.3 is 25.2 Å². The summed E-state index contributed by atoms with van der Waals surface area (Å²) < 4.78 is 42.8. The van der Waals surface area contributed by atoms with Gasteiger partial charge in [0.25, 0.3) is 0 Å². The van der Waals surface area contributed by atoms with Crippen molar-refractivity contribution in [2.24, 2.45) is 5.92 Å². The highest BCUT2D eigenvalue weighted by Crippen LogP contribution is 2.41. The van der Waals surface area contributed by atoms with E-state index in [2.05, 4.69) is 15.2 Å². The molecule has 0 radical (unpaired) electrons. The number of carbonyl (C=O) groups is 2. The van der Waals surface area contributed by atoms with Gasteiger partial charge >= 0.3 is 11.9 Å². The van der Waals surface area contributed by atoms with Crippen molar-refractivity contribution < 1.29 is 27.9 Å². The Labute approximate surface area is 275 Å². The number of hydrogen-bond donors (Lipinski definition) is 3. The molecule has 2 amide bonds. The zero-order valence-corrected chi connectivity index (χ0v) is 26.8. The van der Waals surface area contributed by atoms with Crippen molar-refractivity contribution in [2.45, 2.75) is 56.8 Å². The number of likely N-dealkylation sites (tertiary alicyclic amines) is 2. The van der Waals surface area contributed by atoms with Gasteiger partial charge in [-0.1, -0.05) is 23.7 Å². The number of aromatic hydroxyl groups is 1. The number of piperidine rings is 2. The number of fused-ring (bicyclic) bond motifs is 1. The van der Waals surface area contributed by atoms with Gasteiger partial charge in [0.1, 0.15) is 5.75 Å². The van der Waals surface area contributed by atoms with Gasteiger partial charge in [-0.25, -0.2) is 4.79 Å². The molecule has 3 N–H and O–H groups in total. The zero-order chi connectivity index (χ0) is 33.3. The Bertz CT molecular complexity index is 1650. The molecular weight excluding hydrogens is 637 g/mol. The highest BCUT2D eigenvalue weighted by atomic mass is 35.5. The minimum Gasteiger partial charge on any atom is -0.506 e. The predicted molar refractivity (Wildman–Crippen MR) is 171 cm³/mol. The minimum atomic E-state index is -4.85. The van der Waals surface area contributed by atoms with Crippen LogP contribution in [-0.4, -0.2) is 99.6 Å². The molecule has 4 heterocycles. The van der Waals surface area contributed by atoms with Gasteiger partial charge in [0.15, 0.2) is 0 Å². The van der Waals surface area contributed by atoms with Crippen molar-refractivity contribution in [1.82, 2.24) is 29.6 Å². The number of amides is 2. The standard InChI is InChI=1S/C33H40ClF3N6O4/c34-26-19-21(18-25(30(26)45)33(35,36)37)17-22(31(46)42-13-5-23(6-14-42)40-15-9-38-10-16-40)20-29(44)41-11-7-24(8-12-41)43-28-4-2-1-3-27(28)39-32(43)47/h1-4,18-19,22-24,38,45H,5-17,20H2,(H,39,47)/t22-/m0/s1. The number of carbonyl (C=O) groups excluding carboxylic acids is 2. The number of benzene rings is 2. The number of alkyl halides is 3. The summed E-state index contributed by atoms with van der Waals surface area (Å²) in [6.07, 6.45) is -2.47. The number of rotatable bonds is 7. The summed E-state index contributed by atoms with van der Waals surface area (Å²) in [6.45, 7) is 5.53. The Morgan fingerprint density at radius 1 is 0.936 bits per heavy atom. The lowest BCUT2D eigenvalue weighted by molar-refractivity contribution is -0.143. The Balaban J connectivity index is 1.16. The largest absolute Gasteiger partial charge is 0.506 e. The van der Waals surface area contributed by atoms with Crippen LogP contribution in [0.15, 0.2) is 41.2 Å². The van der Waals surface area contributed by atoms with Crippen molar-refractivity contribution in [3.05, 3.63) is 63.0 Å². The van der Waals surface area contributed by atoms with Crippen molar-refractivity contribution in [3.8, 4) is 5.75 Å². The van der Waals surface area contributed by atoms with Gasteiger partial charge in [0.2, 0.25) is 11.8 Å². The molecule has 0 spiro atoms. The van der Waals surface area contributed by atoms with Crippen molar-refractivity contribution in [2.75, 3.05) is 52.4 Å². The predicted octanol–water partition coefficient (Wildman–Crippen LogP) is 4.02. The first-order chi connectivity index (χ1) is 22.5. The fourth-order valence-electron chi connectivity index (χ4n) is 7.43. The Morgan fingerprint density at radius 2 is 1.57 bits per heavy atom. The van der Waals surface area contributed by atoms with Gasteiger partial charge in [-0.2, -0.15) is 13.2 Å². The second kappa shape index (κ2) is 13.9. The number of imidazole rings is 1. The minimum absolute atomic E-state index is 0.1000. The number of H-pyrrole nitrogens is 1. The normalized spacial score (nSPS) is 19.7. The van der Waals surface area contributed by atoms with E-state index in [4.69, 9.17) is 11.6 Å². The van der Waals surface area contributed by atoms with Crippen LogP contribution >= 0.6 is 11.6 Å². The molecule has 254 valence electrons. The molecule has 0 aliphatic carbocycles. The number of phenols is 1. The number of piperazine rings is 1. The third kappa shape index (κ3) is 7.31. The number of nitrogens with one attached hydrogen (secondary N) is 2. The number of nitrogens with zero attached hydrogens (tertiary/aromatic N) is 4. The summed E-state index contributed by atoms with van der Waals surface area (Å²) in [5.41, 5.74) is 0.202. The van der Waals surface area contributed by atoms with E-state index in [1.807, 2.05) is 24.3 Å². The van der Waals surface area contributed by atoms with E-state index in [0.717, 1.165) is 56.1 Å². The van der Waals surface area contributed by atoms with E-state index in [9.17, 15) is 32.7 Å². The maximum Gasteiger partial charge on any atom is 0.420 e. The Kier molecular flexibility index (Phi) is 9.86. The lowest BCUT2D eigenvalue weighted by Crippen LogP contribution is -2.53. The smallest absolute Gasteiger partial charge is 0.420 e. The van der Waals surface area contributed by atoms with Crippen LogP contribution in [0, 0.1) is 5.92 Å². The molecule has 3 aromatic rings. The van der Waals surface area contributed by atoms with Gasteiger partial charge in [-0.15, -0.1) is 0 Å². The maximum absolute atomic E-state index is 14.0. The lowest BCUT2D eigenvalue weighted by Gasteiger charge is -2.41. The second-order valence-corrected chi connectivity index (χ2v) is 13.3. The molecule has 3 aliphatic rings. The third-order valence-corrected chi connectivity index (χ3v) is 10.2. The van der Waals surface area contributed by atoms with E-state index >= 15 is 0 Å². The average molecular weight is 677 g/mol. The van der Waals surface area contributed by atoms with Crippen LogP contribution in [0.4, 0.5) is 13.2 Å². The summed E-state index contributed by atoms with van der Waals surface area (Å²) in [4.78, 5) is 49.1. The van der Waals surface area contributed by atoms with Crippen LogP contribution in [0.3, 0.4) is 0 Å². The summed E-state index contributed by atoms with van der Waals surface area (Å²) in [6, 6.07) is 9.75. The molecule has 1 aromatic heterocycles. The van der Waals surface area contributed by atoms with Crippen LogP contribution in [-0.2, 0) is 22.2 Å². The summed E-state index contributed by atoms with van der Waals surface area (Å²) in [5.74, 6) is -2.50. The molecule has 3 saturated heterocycles. The maximum atomic E-state index is 14.0. The molecule has 47 heavy (non-hydrogen) atoms. The molecular formula is C33H40ClF3N6O4. The first-order valence-electron chi connectivity index (χ1n) is 16.3. The molecule has 1 atom stereocenters. The van der Waals surface area contributed by atoms with Gasteiger partial charge in [-0.3, -0.25) is 19.1 Å². The van der Waals surface area contributed by atoms with Crippen LogP contribution in [0.1, 0.15) is 49.3 Å². The van der Waals surface area contributed by atoms with Crippen LogP contribution in [0.2, 0.25) is 5.02 Å². The monoisotopic (exact) mass is 676 g/mol.